The van der Waals surface area contributed by atoms with Gasteiger partial charge in [-0.1, -0.05) is 18.2 Å². The van der Waals surface area contributed by atoms with Crippen LogP contribution in [0.25, 0.3) is 0 Å². The first kappa shape index (κ1) is 31.9. The van der Waals surface area contributed by atoms with E-state index in [-0.39, 0.29) is 24.2 Å². The lowest BCUT2D eigenvalue weighted by molar-refractivity contribution is -0.00542. The second-order valence-corrected chi connectivity index (χ2v) is 12.1. The van der Waals surface area contributed by atoms with Gasteiger partial charge in [-0.05, 0) is 74.9 Å². The Balaban J connectivity index is 1.42. The third-order valence-electron chi connectivity index (χ3n) is 8.19. The fraction of sp³-hybridized carbons (Fsp3) is 0.606. The number of rotatable bonds is 13. The van der Waals surface area contributed by atoms with Gasteiger partial charge in [-0.15, -0.1) is 0 Å². The molecule has 2 heterocycles. The number of benzene rings is 2. The van der Waals surface area contributed by atoms with Crippen molar-refractivity contribution in [1.29, 1.82) is 0 Å². The fourth-order valence-corrected chi connectivity index (χ4v) is 5.71. The number of hydrogen-bond donors (Lipinski definition) is 1. The van der Waals surface area contributed by atoms with Crippen molar-refractivity contribution in [1.82, 2.24) is 10.2 Å². The van der Waals surface area contributed by atoms with Crippen LogP contribution in [0.5, 0.6) is 11.5 Å². The molecule has 0 radical (unpaired) electrons. The molecule has 1 saturated heterocycles. The molecule has 42 heavy (non-hydrogen) atoms. The zero-order valence-corrected chi connectivity index (χ0v) is 26.2. The lowest BCUT2D eigenvalue weighted by atomic mass is 9.82. The van der Waals surface area contributed by atoms with Gasteiger partial charge in [0.25, 0.3) is 0 Å². The molecule has 2 unspecified atom stereocenters. The second-order valence-electron chi connectivity index (χ2n) is 12.1. The molecule has 232 valence electrons. The largest absolute Gasteiger partial charge is 0.497 e. The predicted octanol–water partition coefficient (Wildman–Crippen LogP) is 5.22. The molecule has 0 saturated carbocycles. The van der Waals surface area contributed by atoms with Gasteiger partial charge in [-0.25, -0.2) is 4.79 Å². The Bertz CT molecular complexity index is 1140. The van der Waals surface area contributed by atoms with Crippen LogP contribution >= 0.6 is 0 Å². The molecular weight excluding hydrogens is 534 g/mol. The summed E-state index contributed by atoms with van der Waals surface area (Å²) in [7, 11) is 6.85. The SMILES string of the molecule is COCCCN1CCOc2ccc(CO[C@H]3CNC(CCC(C)(C)OC(=O)N(C)C)CC3c3ccc(OC)cc3)cc21. The molecule has 2 aliphatic heterocycles. The van der Waals surface area contributed by atoms with Gasteiger partial charge in [0, 0.05) is 52.9 Å². The lowest BCUT2D eigenvalue weighted by Gasteiger charge is -2.38. The van der Waals surface area contributed by atoms with Crippen molar-refractivity contribution in [2.45, 2.75) is 69.8 Å². The topological polar surface area (TPSA) is 81.7 Å². The minimum Gasteiger partial charge on any atom is -0.497 e. The summed E-state index contributed by atoms with van der Waals surface area (Å²) in [5.74, 6) is 2.00. The molecule has 0 aromatic heterocycles. The molecule has 2 aromatic rings. The normalized spacial score (nSPS) is 20.4. The minimum absolute atomic E-state index is 0.0133. The summed E-state index contributed by atoms with van der Waals surface area (Å²) in [6.45, 7) is 8.48. The number of carbonyl (C=O) groups is 1. The number of nitrogens with one attached hydrogen (secondary N) is 1. The summed E-state index contributed by atoms with van der Waals surface area (Å²) in [4.78, 5) is 16.0. The Morgan fingerprint density at radius 1 is 1.14 bits per heavy atom. The van der Waals surface area contributed by atoms with Crippen LogP contribution in [0.15, 0.2) is 42.5 Å². The van der Waals surface area contributed by atoms with E-state index in [9.17, 15) is 4.79 Å². The molecule has 0 spiro atoms. The van der Waals surface area contributed by atoms with Crippen molar-refractivity contribution < 1.29 is 28.5 Å². The van der Waals surface area contributed by atoms with Crippen molar-refractivity contribution in [2.24, 2.45) is 0 Å². The third kappa shape index (κ3) is 8.75. The Hall–Kier alpha value is -3.01. The second kappa shape index (κ2) is 14.9. The Morgan fingerprint density at radius 2 is 1.93 bits per heavy atom. The number of hydrogen-bond acceptors (Lipinski definition) is 8. The number of amides is 1. The van der Waals surface area contributed by atoms with Gasteiger partial charge in [0.15, 0.2) is 0 Å². The number of methoxy groups -OCH3 is 2. The molecule has 2 aliphatic rings. The maximum atomic E-state index is 12.1. The van der Waals surface area contributed by atoms with E-state index in [1.807, 2.05) is 26.0 Å². The molecule has 2 aromatic carbocycles. The number of anilines is 1. The molecular formula is C33H49N3O6. The standard InChI is InChI=1S/C33H49N3O6/c1-33(2,42-32(37)35(3)4)15-14-26-21-28(25-9-11-27(39-6)12-10-25)31(22-34-26)41-23-24-8-13-30-29(20-24)36(17-19-40-30)16-7-18-38-5/h8-13,20,26,28,31,34H,7,14-19,21-23H2,1-6H3/t26?,28?,31-/m0/s1. The molecule has 0 bridgehead atoms. The van der Waals surface area contributed by atoms with Crippen LogP contribution in [-0.4, -0.2) is 89.9 Å². The van der Waals surface area contributed by atoms with E-state index in [0.717, 1.165) is 74.7 Å². The van der Waals surface area contributed by atoms with Gasteiger partial charge in [-0.3, -0.25) is 0 Å². The van der Waals surface area contributed by atoms with E-state index >= 15 is 0 Å². The smallest absolute Gasteiger partial charge is 0.409 e. The molecule has 9 nitrogen and oxygen atoms in total. The summed E-state index contributed by atoms with van der Waals surface area (Å²) >= 11 is 0. The molecule has 1 amide bonds. The van der Waals surface area contributed by atoms with E-state index in [1.165, 1.54) is 10.5 Å². The van der Waals surface area contributed by atoms with Gasteiger partial charge >= 0.3 is 6.09 Å². The maximum absolute atomic E-state index is 12.1. The first-order chi connectivity index (χ1) is 20.2. The molecule has 1 fully saturated rings. The number of fused-ring (bicyclic) bond motifs is 1. The van der Waals surface area contributed by atoms with Crippen molar-refractivity contribution in [3.63, 3.8) is 0 Å². The Morgan fingerprint density at radius 3 is 2.64 bits per heavy atom. The first-order valence-electron chi connectivity index (χ1n) is 15.1. The molecule has 3 atom stereocenters. The molecule has 1 N–H and O–H groups in total. The van der Waals surface area contributed by atoms with Crippen molar-refractivity contribution >= 4 is 11.8 Å². The molecule has 0 aliphatic carbocycles. The van der Waals surface area contributed by atoms with Crippen LogP contribution in [-0.2, 0) is 20.8 Å². The van der Waals surface area contributed by atoms with Gasteiger partial charge in [0.05, 0.1) is 32.1 Å². The van der Waals surface area contributed by atoms with Crippen LogP contribution in [0.2, 0.25) is 0 Å². The van der Waals surface area contributed by atoms with E-state index in [1.54, 1.807) is 28.3 Å². The van der Waals surface area contributed by atoms with Gasteiger partial charge in [0.2, 0.25) is 0 Å². The van der Waals surface area contributed by atoms with Crippen LogP contribution in [0.4, 0.5) is 10.5 Å². The summed E-state index contributed by atoms with van der Waals surface area (Å²) in [5.41, 5.74) is 2.97. The molecule has 4 rings (SSSR count). The van der Waals surface area contributed by atoms with Gasteiger partial charge in [-0.2, -0.15) is 0 Å². The van der Waals surface area contributed by atoms with Crippen LogP contribution < -0.4 is 19.7 Å². The zero-order valence-electron chi connectivity index (χ0n) is 26.2. The summed E-state index contributed by atoms with van der Waals surface area (Å²) in [6, 6.07) is 15.0. The number of ether oxygens (including phenoxy) is 5. The zero-order chi connectivity index (χ0) is 30.1. The Labute approximate surface area is 251 Å². The number of piperidine rings is 1. The quantitative estimate of drug-likeness (QED) is 0.322. The monoisotopic (exact) mass is 583 g/mol. The maximum Gasteiger partial charge on any atom is 0.409 e. The highest BCUT2D eigenvalue weighted by molar-refractivity contribution is 5.67. The van der Waals surface area contributed by atoms with Crippen molar-refractivity contribution in [3.8, 4) is 11.5 Å². The summed E-state index contributed by atoms with van der Waals surface area (Å²) in [6.07, 6.45) is 3.28. The van der Waals surface area contributed by atoms with E-state index < -0.39 is 5.60 Å². The van der Waals surface area contributed by atoms with Crippen LogP contribution in [0.1, 0.15) is 56.6 Å². The van der Waals surface area contributed by atoms with E-state index in [4.69, 9.17) is 23.7 Å². The van der Waals surface area contributed by atoms with Gasteiger partial charge < -0.3 is 38.8 Å². The highest BCUT2D eigenvalue weighted by Gasteiger charge is 2.34. The lowest BCUT2D eigenvalue weighted by Crippen LogP contribution is -2.47. The predicted molar refractivity (Wildman–Crippen MR) is 165 cm³/mol. The third-order valence-corrected chi connectivity index (χ3v) is 8.19. The number of carbonyl (C=O) groups excluding carboxylic acids is 1. The van der Waals surface area contributed by atoms with E-state index in [0.29, 0.717) is 13.2 Å². The van der Waals surface area contributed by atoms with Crippen molar-refractivity contribution in [3.05, 3.63) is 53.6 Å². The highest BCUT2D eigenvalue weighted by Crippen LogP contribution is 2.36. The summed E-state index contributed by atoms with van der Waals surface area (Å²) < 4.78 is 29.0. The average molecular weight is 584 g/mol. The van der Waals surface area contributed by atoms with E-state index in [2.05, 4.69) is 40.5 Å². The Kier molecular flexibility index (Phi) is 11.4. The molecule has 9 heteroatoms. The van der Waals surface area contributed by atoms with Crippen molar-refractivity contribution in [2.75, 3.05) is 66.1 Å². The van der Waals surface area contributed by atoms with Crippen LogP contribution in [0, 0.1) is 0 Å². The minimum atomic E-state index is -0.542. The highest BCUT2D eigenvalue weighted by atomic mass is 16.6. The number of nitrogens with zero attached hydrogens (tertiary/aromatic N) is 2. The average Bonchev–Trinajstić information content (AvgIpc) is 2.99. The summed E-state index contributed by atoms with van der Waals surface area (Å²) in [5, 5.41) is 3.72. The fourth-order valence-electron chi connectivity index (χ4n) is 5.71. The first-order valence-corrected chi connectivity index (χ1v) is 15.1. The van der Waals surface area contributed by atoms with Gasteiger partial charge in [0.1, 0.15) is 23.7 Å². The van der Waals surface area contributed by atoms with Crippen LogP contribution in [0.3, 0.4) is 0 Å².